The van der Waals surface area contributed by atoms with Gasteiger partial charge >= 0.3 is 0 Å². The molecule has 0 saturated heterocycles. The van der Waals surface area contributed by atoms with Crippen LogP contribution in [0.1, 0.15) is 5.56 Å². The molecule has 48 valence electrons. The average Bonchev–Trinajstić information content (AvgIpc) is 1.80. The Morgan fingerprint density at radius 2 is 2.11 bits per heavy atom. The highest BCUT2D eigenvalue weighted by Crippen LogP contribution is 2.18. The van der Waals surface area contributed by atoms with Gasteiger partial charge in [0.1, 0.15) is 0 Å². The molecule has 0 unspecified atom stereocenters. The Bertz CT molecular complexity index is 218. The maximum absolute atomic E-state index is 7.26. The summed E-state index contributed by atoms with van der Waals surface area (Å²) in [4.78, 5) is 0. The fourth-order valence-corrected chi connectivity index (χ4v) is 0.687. The fraction of sp³-hybridized carbons (Fsp3) is 0.143. The lowest BCUT2D eigenvalue weighted by Crippen LogP contribution is -1.83. The predicted molar refractivity (Wildman–Crippen MR) is 39.6 cm³/mol. The number of nitrogen functional groups attached to an aromatic ring is 1. The molecule has 2 nitrogen and oxygen atoms in total. The molecule has 1 aromatic carbocycles. The van der Waals surface area contributed by atoms with E-state index in [9.17, 15) is 0 Å². The van der Waals surface area contributed by atoms with Gasteiger partial charge in [-0.05, 0) is 19.1 Å². The van der Waals surface area contributed by atoms with Crippen LogP contribution in [0.3, 0.4) is 0 Å². The zero-order valence-electron chi connectivity index (χ0n) is 5.31. The summed E-state index contributed by atoms with van der Waals surface area (Å²) in [5.74, 6) is 0. The molecule has 0 aromatic heterocycles. The average molecular weight is 121 g/mol. The van der Waals surface area contributed by atoms with Gasteiger partial charge in [0.15, 0.2) is 0 Å². The summed E-state index contributed by atoms with van der Waals surface area (Å²) >= 11 is 0. The third kappa shape index (κ3) is 1.13. The van der Waals surface area contributed by atoms with Gasteiger partial charge in [0.25, 0.3) is 0 Å². The van der Waals surface area contributed by atoms with Crippen LogP contribution in [0.25, 0.3) is 5.73 Å². The SMILES string of the molecule is Cc1cc(N)ccc1[NH-]. The van der Waals surface area contributed by atoms with Gasteiger partial charge in [-0.15, -0.1) is 5.69 Å². The Morgan fingerprint density at radius 1 is 1.44 bits per heavy atom. The fourth-order valence-electron chi connectivity index (χ4n) is 0.687. The Kier molecular flexibility index (Phi) is 1.30. The van der Waals surface area contributed by atoms with Crippen LogP contribution in [0.4, 0.5) is 11.4 Å². The molecule has 3 N–H and O–H groups in total. The lowest BCUT2D eigenvalue weighted by Gasteiger charge is -2.06. The third-order valence-corrected chi connectivity index (χ3v) is 1.25. The zero-order chi connectivity index (χ0) is 6.85. The smallest absolute Gasteiger partial charge is 0.0315 e. The van der Waals surface area contributed by atoms with Crippen molar-refractivity contribution in [1.82, 2.24) is 0 Å². The van der Waals surface area contributed by atoms with Gasteiger partial charge in [0.2, 0.25) is 0 Å². The van der Waals surface area contributed by atoms with Crippen molar-refractivity contribution in [3.05, 3.63) is 29.5 Å². The van der Waals surface area contributed by atoms with Gasteiger partial charge in [-0.25, -0.2) is 0 Å². The van der Waals surface area contributed by atoms with E-state index in [1.165, 1.54) is 0 Å². The van der Waals surface area contributed by atoms with E-state index in [0.29, 0.717) is 5.69 Å². The van der Waals surface area contributed by atoms with Gasteiger partial charge in [-0.1, -0.05) is 11.6 Å². The van der Waals surface area contributed by atoms with Gasteiger partial charge in [-0.3, -0.25) is 0 Å². The number of aryl methyl sites for hydroxylation is 1. The maximum Gasteiger partial charge on any atom is 0.0315 e. The Balaban J connectivity index is 3.17. The van der Waals surface area contributed by atoms with Gasteiger partial charge in [0, 0.05) is 5.69 Å². The Hall–Kier alpha value is -1.18. The van der Waals surface area contributed by atoms with Gasteiger partial charge < -0.3 is 11.5 Å². The van der Waals surface area contributed by atoms with Crippen molar-refractivity contribution >= 4 is 11.4 Å². The highest BCUT2D eigenvalue weighted by atomic mass is 14.6. The number of benzene rings is 1. The molecule has 0 saturated carbocycles. The van der Waals surface area contributed by atoms with Crippen molar-refractivity contribution in [3.8, 4) is 0 Å². The molecule has 0 radical (unpaired) electrons. The molecule has 0 fully saturated rings. The van der Waals surface area contributed by atoms with Crippen molar-refractivity contribution in [2.75, 3.05) is 5.73 Å². The van der Waals surface area contributed by atoms with Crippen LogP contribution >= 0.6 is 0 Å². The number of hydrogen-bond acceptors (Lipinski definition) is 1. The normalized spacial score (nSPS) is 9.44. The first-order valence-corrected chi connectivity index (χ1v) is 2.78. The van der Waals surface area contributed by atoms with Gasteiger partial charge in [0.05, 0.1) is 0 Å². The maximum atomic E-state index is 7.26. The third-order valence-electron chi connectivity index (χ3n) is 1.25. The molecule has 0 aliphatic heterocycles. The van der Waals surface area contributed by atoms with E-state index in [4.69, 9.17) is 11.5 Å². The standard InChI is InChI=1S/C7H9N2/c1-5-4-6(8)2-3-7(5)9/h2-4,9H,8H2,1H3/q-1. The van der Waals surface area contributed by atoms with Crippen molar-refractivity contribution in [3.63, 3.8) is 0 Å². The summed E-state index contributed by atoms with van der Waals surface area (Å²) in [7, 11) is 0. The summed E-state index contributed by atoms with van der Waals surface area (Å²) in [5.41, 5.74) is 14.9. The van der Waals surface area contributed by atoms with Crippen molar-refractivity contribution in [2.45, 2.75) is 6.92 Å². The van der Waals surface area contributed by atoms with E-state index in [2.05, 4.69) is 0 Å². The molecule has 0 bridgehead atoms. The quantitative estimate of drug-likeness (QED) is 0.526. The summed E-state index contributed by atoms with van der Waals surface area (Å²) < 4.78 is 0. The number of hydrogen-bond donors (Lipinski definition) is 1. The van der Waals surface area contributed by atoms with E-state index >= 15 is 0 Å². The zero-order valence-corrected chi connectivity index (χ0v) is 5.31. The van der Waals surface area contributed by atoms with Crippen molar-refractivity contribution in [1.29, 1.82) is 0 Å². The van der Waals surface area contributed by atoms with E-state index < -0.39 is 0 Å². The Labute approximate surface area is 54.5 Å². The highest BCUT2D eigenvalue weighted by Gasteiger charge is 1.84. The van der Waals surface area contributed by atoms with Crippen LogP contribution in [0.5, 0.6) is 0 Å². The summed E-state index contributed by atoms with van der Waals surface area (Å²) in [6.07, 6.45) is 0. The first-order valence-electron chi connectivity index (χ1n) is 2.78. The minimum Gasteiger partial charge on any atom is -0.699 e. The van der Waals surface area contributed by atoms with E-state index in [-0.39, 0.29) is 0 Å². The van der Waals surface area contributed by atoms with Gasteiger partial charge in [-0.2, -0.15) is 0 Å². The Morgan fingerprint density at radius 3 is 2.56 bits per heavy atom. The van der Waals surface area contributed by atoms with Crippen LogP contribution in [0, 0.1) is 6.92 Å². The summed E-state index contributed by atoms with van der Waals surface area (Å²) in [6.45, 7) is 1.87. The molecular weight excluding hydrogens is 112 g/mol. The van der Waals surface area contributed by atoms with Crippen molar-refractivity contribution in [2.24, 2.45) is 0 Å². The molecule has 0 aliphatic carbocycles. The van der Waals surface area contributed by atoms with Crippen LogP contribution in [0.2, 0.25) is 0 Å². The molecule has 1 rings (SSSR count). The second-order valence-electron chi connectivity index (χ2n) is 2.07. The molecule has 2 heteroatoms. The second kappa shape index (κ2) is 1.97. The first kappa shape index (κ1) is 5.95. The van der Waals surface area contributed by atoms with Crippen LogP contribution in [-0.4, -0.2) is 0 Å². The number of rotatable bonds is 0. The monoisotopic (exact) mass is 121 g/mol. The minimum absolute atomic E-state index is 0.546. The van der Waals surface area contributed by atoms with Crippen LogP contribution in [-0.2, 0) is 0 Å². The van der Waals surface area contributed by atoms with E-state index in [1.807, 2.05) is 6.92 Å². The molecule has 0 atom stereocenters. The summed E-state index contributed by atoms with van der Waals surface area (Å²) in [6, 6.07) is 5.22. The summed E-state index contributed by atoms with van der Waals surface area (Å²) in [5, 5.41) is 0. The number of nitrogens with one attached hydrogen (secondary N) is 1. The molecule has 1 aromatic rings. The van der Waals surface area contributed by atoms with E-state index in [1.54, 1.807) is 18.2 Å². The lowest BCUT2D eigenvalue weighted by molar-refractivity contribution is 1.49. The molecular formula is C7H9N2-. The number of anilines is 1. The lowest BCUT2D eigenvalue weighted by atomic mass is 10.2. The largest absolute Gasteiger partial charge is 0.699 e. The van der Waals surface area contributed by atoms with Crippen LogP contribution in [0.15, 0.2) is 18.2 Å². The minimum atomic E-state index is 0.546. The van der Waals surface area contributed by atoms with Crippen molar-refractivity contribution < 1.29 is 0 Å². The molecule has 9 heavy (non-hydrogen) atoms. The topological polar surface area (TPSA) is 49.8 Å². The predicted octanol–water partition coefficient (Wildman–Crippen LogP) is 2.26. The van der Waals surface area contributed by atoms with Crippen LogP contribution < -0.4 is 5.73 Å². The van der Waals surface area contributed by atoms with E-state index in [0.717, 1.165) is 11.3 Å². The molecule has 0 heterocycles. The molecule has 0 spiro atoms. The number of nitrogens with two attached hydrogens (primary N) is 1. The molecule has 0 amide bonds. The second-order valence-corrected chi connectivity index (χ2v) is 2.07. The first-order chi connectivity index (χ1) is 4.20. The highest BCUT2D eigenvalue weighted by molar-refractivity contribution is 5.56. The molecule has 0 aliphatic rings.